The Hall–Kier alpha value is -4.35. The van der Waals surface area contributed by atoms with Crippen LogP contribution in [0, 0.1) is 41.5 Å². The summed E-state index contributed by atoms with van der Waals surface area (Å²) in [5, 5.41) is 6.59. The van der Waals surface area contributed by atoms with E-state index in [-0.39, 0.29) is 12.1 Å². The fraction of sp³-hybridized carbons (Fsp3) is 0.159. The SMILES string of the molecule is Cc1ccc([P+](CC(=O)O[P+](c2ccc(C)cc2)(c2ccc(C)cc2)c2ccc(C)cc2)(c2ccc(C)cc2)c2ccc(C)cc2)cc1. The van der Waals surface area contributed by atoms with Crippen LogP contribution in [0.1, 0.15) is 33.4 Å². The van der Waals surface area contributed by atoms with Gasteiger partial charge in [0.2, 0.25) is 0 Å². The summed E-state index contributed by atoms with van der Waals surface area (Å²) in [6.45, 7) is 12.6. The van der Waals surface area contributed by atoms with E-state index in [1.165, 1.54) is 49.3 Å². The van der Waals surface area contributed by atoms with Crippen LogP contribution in [0.3, 0.4) is 0 Å². The number of carbonyl (C=O) groups excluding carboxylic acids is 1. The summed E-state index contributed by atoms with van der Waals surface area (Å²) in [7, 11) is -5.39. The molecule has 0 spiro atoms. The molecular weight excluding hydrogens is 622 g/mol. The maximum atomic E-state index is 15.1. The third-order valence-electron chi connectivity index (χ3n) is 9.22. The zero-order chi connectivity index (χ0) is 33.9. The number of rotatable bonds is 9. The van der Waals surface area contributed by atoms with Gasteiger partial charge < -0.3 is 0 Å². The molecule has 0 N–H and O–H groups in total. The first kappa shape index (κ1) is 33.5. The molecule has 6 rings (SSSR count). The van der Waals surface area contributed by atoms with Crippen molar-refractivity contribution >= 4 is 52.5 Å². The number of carbonyl (C=O) groups is 1. The molecule has 240 valence electrons. The van der Waals surface area contributed by atoms with Crippen LogP contribution in [0.15, 0.2) is 146 Å². The molecule has 4 heteroatoms. The normalized spacial score (nSPS) is 11.7. The van der Waals surface area contributed by atoms with Crippen molar-refractivity contribution in [2.75, 3.05) is 6.16 Å². The molecule has 6 aromatic carbocycles. The number of hydrogen-bond donors (Lipinski definition) is 0. The number of hydrogen-bond acceptors (Lipinski definition) is 2. The second-order valence-corrected chi connectivity index (χ2v) is 19.5. The molecule has 0 aliphatic rings. The van der Waals surface area contributed by atoms with Gasteiger partial charge in [-0.15, -0.1) is 0 Å². The van der Waals surface area contributed by atoms with Gasteiger partial charge in [-0.3, -0.25) is 4.52 Å². The summed E-state index contributed by atoms with van der Waals surface area (Å²) in [6, 6.07) is 52.0. The molecular formula is C44H44O2P2+2. The van der Waals surface area contributed by atoms with E-state index in [1.807, 2.05) is 0 Å². The van der Waals surface area contributed by atoms with Gasteiger partial charge in [-0.1, -0.05) is 106 Å². The Morgan fingerprint density at radius 2 is 0.583 bits per heavy atom. The fourth-order valence-electron chi connectivity index (χ4n) is 6.36. The summed E-state index contributed by atoms with van der Waals surface area (Å²) in [6.07, 6.45) is 0.244. The van der Waals surface area contributed by atoms with E-state index in [2.05, 4.69) is 187 Å². The predicted molar refractivity (Wildman–Crippen MR) is 210 cm³/mol. The van der Waals surface area contributed by atoms with Gasteiger partial charge >= 0.3 is 5.97 Å². The van der Waals surface area contributed by atoms with E-state index < -0.39 is 14.8 Å². The molecule has 0 bridgehead atoms. The zero-order valence-corrected chi connectivity index (χ0v) is 30.6. The second-order valence-electron chi connectivity index (χ2n) is 13.1. The van der Waals surface area contributed by atoms with E-state index in [9.17, 15) is 0 Å². The highest BCUT2D eigenvalue weighted by molar-refractivity contribution is 7.96. The van der Waals surface area contributed by atoms with Crippen molar-refractivity contribution in [2.24, 2.45) is 0 Å². The fourth-order valence-corrected chi connectivity index (χ4v) is 13.6. The van der Waals surface area contributed by atoms with Crippen LogP contribution in [0.5, 0.6) is 0 Å². The minimum absolute atomic E-state index is 0.194. The van der Waals surface area contributed by atoms with Crippen LogP contribution in [-0.4, -0.2) is 12.1 Å². The minimum Gasteiger partial charge on any atom is -0.293 e. The van der Waals surface area contributed by atoms with Gasteiger partial charge in [-0.25, -0.2) is 4.79 Å². The Labute approximate surface area is 287 Å². The van der Waals surface area contributed by atoms with Crippen LogP contribution < -0.4 is 31.8 Å². The summed E-state index contributed by atoms with van der Waals surface area (Å²) in [5.41, 5.74) is 7.07. The van der Waals surface area contributed by atoms with Crippen LogP contribution in [0.4, 0.5) is 0 Å². The first-order valence-corrected chi connectivity index (χ1v) is 20.2. The Bertz CT molecular complexity index is 1620. The zero-order valence-electron chi connectivity index (χ0n) is 28.8. The van der Waals surface area contributed by atoms with Gasteiger partial charge in [0, 0.05) is 0 Å². The Morgan fingerprint density at radius 3 is 0.812 bits per heavy atom. The Balaban J connectivity index is 1.59. The third-order valence-corrected chi connectivity index (χ3v) is 17.0. The monoisotopic (exact) mass is 666 g/mol. The second kappa shape index (κ2) is 14.0. The lowest BCUT2D eigenvalue weighted by atomic mass is 10.2. The van der Waals surface area contributed by atoms with Gasteiger partial charge in [0.15, 0.2) is 6.16 Å². The summed E-state index contributed by atoms with van der Waals surface area (Å²) >= 11 is 0. The molecule has 48 heavy (non-hydrogen) atoms. The summed E-state index contributed by atoms with van der Waals surface area (Å²) < 4.78 is 7.21. The number of benzene rings is 6. The molecule has 6 aromatic rings. The highest BCUT2D eigenvalue weighted by Crippen LogP contribution is 2.60. The van der Waals surface area contributed by atoms with E-state index >= 15 is 4.79 Å². The van der Waals surface area contributed by atoms with Crippen molar-refractivity contribution in [3.8, 4) is 0 Å². The van der Waals surface area contributed by atoms with Gasteiger partial charge in [0.05, 0.1) is 0 Å². The molecule has 0 atom stereocenters. The number of aryl methyl sites for hydroxylation is 6. The minimum atomic E-state index is -2.88. The lowest BCUT2D eigenvalue weighted by Gasteiger charge is -2.29. The summed E-state index contributed by atoms with van der Waals surface area (Å²) in [4.78, 5) is 15.1. The molecule has 0 saturated heterocycles. The van der Waals surface area contributed by atoms with E-state index in [0.717, 1.165) is 15.9 Å². The van der Waals surface area contributed by atoms with Crippen LogP contribution in [0.25, 0.3) is 0 Å². The van der Waals surface area contributed by atoms with Crippen molar-refractivity contribution in [1.82, 2.24) is 0 Å². The maximum absolute atomic E-state index is 15.1. The van der Waals surface area contributed by atoms with E-state index in [0.29, 0.717) is 0 Å². The van der Waals surface area contributed by atoms with Gasteiger partial charge in [0.1, 0.15) is 39.1 Å². The molecule has 0 aliphatic carbocycles. The van der Waals surface area contributed by atoms with Crippen molar-refractivity contribution in [2.45, 2.75) is 41.5 Å². The lowest BCUT2D eigenvalue weighted by Crippen LogP contribution is -2.39. The lowest BCUT2D eigenvalue weighted by molar-refractivity contribution is -0.130. The van der Waals surface area contributed by atoms with Crippen molar-refractivity contribution in [3.63, 3.8) is 0 Å². The van der Waals surface area contributed by atoms with Crippen molar-refractivity contribution in [3.05, 3.63) is 179 Å². The van der Waals surface area contributed by atoms with Gasteiger partial charge in [-0.05, 0) is 114 Å². The van der Waals surface area contributed by atoms with Gasteiger partial charge in [0.25, 0.3) is 7.49 Å². The largest absolute Gasteiger partial charge is 0.389 e. The standard InChI is InChI=1S/C44H44O2P2/c1-32-7-19-38(20-8-32)47(39-21-9-33(2)10-22-39,40-23-11-34(3)12-24-40)31-44(45)46-48(41-25-13-35(4)14-26-41,42-27-15-36(5)16-28-42)43-29-17-37(6)18-30-43/h7-30H,31H2,1-6H3/q+2. The molecule has 2 nitrogen and oxygen atoms in total. The maximum Gasteiger partial charge on any atom is 0.389 e. The highest BCUT2D eigenvalue weighted by atomic mass is 31.2. The average molecular weight is 667 g/mol. The van der Waals surface area contributed by atoms with Gasteiger partial charge in [-0.2, -0.15) is 0 Å². The molecule has 0 fully saturated rings. The first-order chi connectivity index (χ1) is 23.1. The van der Waals surface area contributed by atoms with Crippen molar-refractivity contribution < 1.29 is 9.32 Å². The summed E-state index contributed by atoms with van der Waals surface area (Å²) in [5.74, 6) is -0.194. The molecule has 0 amide bonds. The average Bonchev–Trinajstić information content (AvgIpc) is 3.09. The van der Waals surface area contributed by atoms with Crippen molar-refractivity contribution in [1.29, 1.82) is 0 Å². The third kappa shape index (κ3) is 6.66. The Morgan fingerprint density at radius 1 is 0.375 bits per heavy atom. The molecule has 0 saturated carbocycles. The van der Waals surface area contributed by atoms with Crippen LogP contribution >= 0.6 is 14.8 Å². The Kier molecular flexibility index (Phi) is 9.80. The molecule has 0 heterocycles. The molecule has 0 radical (unpaired) electrons. The molecule has 0 aliphatic heterocycles. The topological polar surface area (TPSA) is 26.3 Å². The van der Waals surface area contributed by atoms with Crippen LogP contribution in [0.2, 0.25) is 0 Å². The van der Waals surface area contributed by atoms with E-state index in [4.69, 9.17) is 4.52 Å². The predicted octanol–water partition coefficient (Wildman–Crippen LogP) is 8.28. The molecule has 0 aromatic heterocycles. The quantitative estimate of drug-likeness (QED) is 0.145. The van der Waals surface area contributed by atoms with E-state index in [1.54, 1.807) is 0 Å². The highest BCUT2D eigenvalue weighted by Gasteiger charge is 2.55. The smallest absolute Gasteiger partial charge is 0.293 e. The molecule has 0 unspecified atom stereocenters. The van der Waals surface area contributed by atoms with Crippen LogP contribution in [-0.2, 0) is 9.32 Å². The first-order valence-electron chi connectivity index (χ1n) is 16.5.